The van der Waals surface area contributed by atoms with Gasteiger partial charge in [0.05, 0.1) is 5.92 Å². The van der Waals surface area contributed by atoms with Gasteiger partial charge in [0.25, 0.3) is 0 Å². The van der Waals surface area contributed by atoms with Gasteiger partial charge in [-0.2, -0.15) is 13.2 Å². The van der Waals surface area contributed by atoms with Gasteiger partial charge in [0.15, 0.2) is 0 Å². The summed E-state index contributed by atoms with van der Waals surface area (Å²) in [5.74, 6) is -6.10. The van der Waals surface area contributed by atoms with Crippen molar-refractivity contribution in [1.29, 1.82) is 0 Å². The number of carbonyl (C=O) groups is 3. The van der Waals surface area contributed by atoms with Crippen molar-refractivity contribution in [3.05, 3.63) is 35.9 Å². The number of carboxylic acids is 3. The van der Waals surface area contributed by atoms with E-state index in [1.54, 1.807) is 0 Å². The molecular formula is C19H22F3NO6. The topological polar surface area (TPSA) is 138 Å². The lowest BCUT2D eigenvalue weighted by atomic mass is 9.67. The number of halogens is 3. The van der Waals surface area contributed by atoms with Crippen LogP contribution in [-0.2, 0) is 20.8 Å². The Bertz CT molecular complexity index is 769. The molecule has 10 heteroatoms. The highest BCUT2D eigenvalue weighted by molar-refractivity contribution is 5.88. The SMILES string of the molecule is N[C@@]1(C(=O)O)[C@@H]2C[C@@H](C[C@H]2CCc2ccccc2)[C@H]1C(=O)O.O=C(O)C(F)(F)F. The third-order valence-electron chi connectivity index (χ3n) is 5.86. The highest BCUT2D eigenvalue weighted by Gasteiger charge is 2.66. The zero-order valence-corrected chi connectivity index (χ0v) is 15.3. The van der Waals surface area contributed by atoms with E-state index in [4.69, 9.17) is 15.6 Å². The van der Waals surface area contributed by atoms with Crippen LogP contribution < -0.4 is 5.73 Å². The molecule has 0 aromatic heterocycles. The molecule has 2 fully saturated rings. The van der Waals surface area contributed by atoms with E-state index in [1.807, 2.05) is 18.2 Å². The zero-order valence-electron chi connectivity index (χ0n) is 15.3. The van der Waals surface area contributed by atoms with Crippen LogP contribution in [0.1, 0.15) is 24.8 Å². The van der Waals surface area contributed by atoms with Crippen LogP contribution in [0.15, 0.2) is 30.3 Å². The molecule has 0 unspecified atom stereocenters. The van der Waals surface area contributed by atoms with Crippen molar-refractivity contribution in [2.45, 2.75) is 37.4 Å². The molecule has 1 aromatic carbocycles. The van der Waals surface area contributed by atoms with Gasteiger partial charge in [0, 0.05) is 0 Å². The van der Waals surface area contributed by atoms with Crippen LogP contribution in [0.2, 0.25) is 0 Å². The standard InChI is InChI=1S/C17H21NO4.C2HF3O2/c18-17(16(21)22)13-9-12(14(17)15(19)20)8-11(13)7-6-10-4-2-1-3-5-10;3-2(4,5)1(6)7/h1-5,11-14H,6-9,18H2,(H,19,20)(H,21,22);(H,6,7)/t11-,12-,13-,14+,17+;/m1./s1. The number of rotatable bonds is 5. The summed E-state index contributed by atoms with van der Waals surface area (Å²) < 4.78 is 31.7. The minimum absolute atomic E-state index is 0.107. The first-order chi connectivity index (χ1) is 13.4. The summed E-state index contributed by atoms with van der Waals surface area (Å²) >= 11 is 0. The summed E-state index contributed by atoms with van der Waals surface area (Å²) in [5.41, 5.74) is 5.72. The summed E-state index contributed by atoms with van der Waals surface area (Å²) in [5, 5.41) is 26.0. The molecule has 0 saturated heterocycles. The summed E-state index contributed by atoms with van der Waals surface area (Å²) in [6, 6.07) is 10.1. The molecule has 5 N–H and O–H groups in total. The fraction of sp³-hybridized carbons (Fsp3) is 0.526. The summed E-state index contributed by atoms with van der Waals surface area (Å²) in [7, 11) is 0. The molecular weight excluding hydrogens is 395 g/mol. The molecule has 2 aliphatic rings. The maximum Gasteiger partial charge on any atom is 0.490 e. The Labute approximate surface area is 164 Å². The molecule has 0 spiro atoms. The molecule has 3 rings (SSSR count). The van der Waals surface area contributed by atoms with E-state index >= 15 is 0 Å². The quantitative estimate of drug-likeness (QED) is 0.577. The van der Waals surface area contributed by atoms with E-state index in [1.165, 1.54) is 5.56 Å². The van der Waals surface area contributed by atoms with Crippen LogP contribution in [0.3, 0.4) is 0 Å². The molecule has 1 aromatic rings. The predicted molar refractivity (Wildman–Crippen MR) is 93.8 cm³/mol. The van der Waals surface area contributed by atoms with Gasteiger partial charge in [-0.25, -0.2) is 4.79 Å². The van der Waals surface area contributed by atoms with Gasteiger partial charge in [0.1, 0.15) is 5.54 Å². The third-order valence-corrected chi connectivity index (χ3v) is 5.86. The van der Waals surface area contributed by atoms with Crippen molar-refractivity contribution in [1.82, 2.24) is 0 Å². The fourth-order valence-electron chi connectivity index (χ4n) is 4.66. The Morgan fingerprint density at radius 2 is 1.62 bits per heavy atom. The van der Waals surface area contributed by atoms with Crippen LogP contribution in [0.25, 0.3) is 0 Å². The first-order valence-electron chi connectivity index (χ1n) is 8.98. The second-order valence-electron chi connectivity index (χ2n) is 7.48. The van der Waals surface area contributed by atoms with Gasteiger partial charge in [0.2, 0.25) is 0 Å². The van der Waals surface area contributed by atoms with Crippen molar-refractivity contribution in [2.75, 3.05) is 0 Å². The summed E-state index contributed by atoms with van der Waals surface area (Å²) in [4.78, 5) is 32.0. The van der Waals surface area contributed by atoms with Crippen LogP contribution in [0, 0.1) is 23.7 Å². The number of aliphatic carboxylic acids is 3. The Balaban J connectivity index is 0.000000370. The highest BCUT2D eigenvalue weighted by atomic mass is 19.4. The largest absolute Gasteiger partial charge is 0.490 e. The number of hydrogen-bond acceptors (Lipinski definition) is 4. The second-order valence-corrected chi connectivity index (χ2v) is 7.48. The van der Waals surface area contributed by atoms with Gasteiger partial charge in [-0.1, -0.05) is 30.3 Å². The number of nitrogens with two attached hydrogens (primary N) is 1. The van der Waals surface area contributed by atoms with Gasteiger partial charge >= 0.3 is 24.1 Å². The van der Waals surface area contributed by atoms with Crippen molar-refractivity contribution in [2.24, 2.45) is 29.4 Å². The lowest BCUT2D eigenvalue weighted by Gasteiger charge is -2.39. The van der Waals surface area contributed by atoms with Gasteiger partial charge < -0.3 is 21.1 Å². The average Bonchev–Trinajstić information content (AvgIpc) is 3.16. The molecule has 2 saturated carbocycles. The number of carboxylic acid groups (broad SMARTS) is 3. The Hall–Kier alpha value is -2.62. The summed E-state index contributed by atoms with van der Waals surface area (Å²) in [6.07, 6.45) is -1.94. The van der Waals surface area contributed by atoms with Gasteiger partial charge in [-0.15, -0.1) is 0 Å². The highest BCUT2D eigenvalue weighted by Crippen LogP contribution is 2.57. The molecule has 0 radical (unpaired) electrons. The molecule has 0 heterocycles. The lowest BCUT2D eigenvalue weighted by Crippen LogP contribution is -2.62. The number of alkyl halides is 3. The van der Waals surface area contributed by atoms with Crippen LogP contribution in [-0.4, -0.2) is 44.9 Å². The van der Waals surface area contributed by atoms with Crippen LogP contribution in [0.4, 0.5) is 13.2 Å². The van der Waals surface area contributed by atoms with E-state index in [9.17, 15) is 33.0 Å². The molecule has 29 heavy (non-hydrogen) atoms. The van der Waals surface area contributed by atoms with Gasteiger partial charge in [-0.3, -0.25) is 9.59 Å². The van der Waals surface area contributed by atoms with E-state index in [0.29, 0.717) is 6.42 Å². The first kappa shape index (κ1) is 22.7. The Kier molecular flexibility index (Phi) is 6.56. The van der Waals surface area contributed by atoms with Crippen LogP contribution in [0.5, 0.6) is 0 Å². The van der Waals surface area contributed by atoms with Gasteiger partial charge in [-0.05, 0) is 49.0 Å². The number of hydrogen-bond donors (Lipinski definition) is 4. The second kappa shape index (κ2) is 8.40. The molecule has 5 atom stereocenters. The van der Waals surface area contributed by atoms with Crippen molar-refractivity contribution >= 4 is 17.9 Å². The number of fused-ring (bicyclic) bond motifs is 2. The Morgan fingerprint density at radius 3 is 2.07 bits per heavy atom. The summed E-state index contributed by atoms with van der Waals surface area (Å²) in [6.45, 7) is 0. The fourth-order valence-corrected chi connectivity index (χ4v) is 4.66. The monoisotopic (exact) mass is 417 g/mol. The average molecular weight is 417 g/mol. The Morgan fingerprint density at radius 1 is 1.07 bits per heavy atom. The maximum atomic E-state index is 11.7. The third kappa shape index (κ3) is 4.69. The molecule has 160 valence electrons. The molecule has 0 amide bonds. The van der Waals surface area contributed by atoms with E-state index < -0.39 is 35.5 Å². The molecule has 2 aliphatic carbocycles. The predicted octanol–water partition coefficient (Wildman–Crippen LogP) is 2.39. The minimum atomic E-state index is -5.08. The van der Waals surface area contributed by atoms with Crippen LogP contribution >= 0.6 is 0 Å². The molecule has 7 nitrogen and oxygen atoms in total. The van der Waals surface area contributed by atoms with E-state index in [2.05, 4.69) is 12.1 Å². The van der Waals surface area contributed by atoms with E-state index in [-0.39, 0.29) is 17.8 Å². The number of benzene rings is 1. The van der Waals surface area contributed by atoms with Crippen molar-refractivity contribution < 1.29 is 42.9 Å². The normalized spacial score (nSPS) is 30.3. The van der Waals surface area contributed by atoms with E-state index in [0.717, 1.165) is 19.3 Å². The molecule has 2 bridgehead atoms. The first-order valence-corrected chi connectivity index (χ1v) is 8.98. The number of aryl methyl sites for hydroxylation is 1. The van der Waals surface area contributed by atoms with Crippen molar-refractivity contribution in [3.8, 4) is 0 Å². The van der Waals surface area contributed by atoms with Crippen molar-refractivity contribution in [3.63, 3.8) is 0 Å². The smallest absolute Gasteiger partial charge is 0.481 e. The lowest BCUT2D eigenvalue weighted by molar-refractivity contribution is -0.192. The maximum absolute atomic E-state index is 11.7. The minimum Gasteiger partial charge on any atom is -0.481 e. The molecule has 0 aliphatic heterocycles. The zero-order chi connectivity index (χ0) is 22.0.